The molecule has 0 saturated heterocycles. The molecule has 2 aromatic carbocycles. The van der Waals surface area contributed by atoms with Gasteiger partial charge in [-0.25, -0.2) is 4.98 Å². The fourth-order valence-electron chi connectivity index (χ4n) is 3.05. The molecule has 0 unspecified atom stereocenters. The maximum atomic E-state index is 12.5. The number of carbonyl (C=O) groups excluding carboxylic acids is 1. The Morgan fingerprint density at radius 2 is 2.04 bits per heavy atom. The monoisotopic (exact) mass is 397 g/mol. The molecule has 2 heterocycles. The minimum absolute atomic E-state index is 0.0908. The van der Waals surface area contributed by atoms with Gasteiger partial charge in [-0.05, 0) is 41.1 Å². The van der Waals surface area contributed by atoms with Crippen molar-refractivity contribution in [1.82, 2.24) is 9.55 Å². The lowest BCUT2D eigenvalue weighted by atomic mass is 10.2. The van der Waals surface area contributed by atoms with Crippen molar-refractivity contribution < 1.29 is 9.21 Å². The molecule has 1 amide bonds. The second kappa shape index (κ2) is 6.04. The zero-order chi connectivity index (χ0) is 17.6. The molecule has 4 rings (SSSR count). The molecule has 5 nitrogen and oxygen atoms in total. The SMILES string of the molecule is Cc1nc2ccc(NC(=O)Cn3c(C)c(Br)c4ccccc43)cc2o1. The standard InChI is InChI=1S/C19H16BrN3O2/c1-11-19(20)14-5-3-4-6-16(14)23(11)10-18(24)22-13-7-8-15-17(9-13)25-12(2)21-15/h3-9H,10H2,1-2H3,(H,22,24). The Balaban J connectivity index is 1.60. The molecule has 6 heteroatoms. The van der Waals surface area contributed by atoms with Gasteiger partial charge in [0.15, 0.2) is 11.5 Å². The van der Waals surface area contributed by atoms with E-state index in [2.05, 4.69) is 26.2 Å². The van der Waals surface area contributed by atoms with Crippen molar-refractivity contribution in [3.8, 4) is 0 Å². The van der Waals surface area contributed by atoms with Crippen LogP contribution in [-0.2, 0) is 11.3 Å². The highest BCUT2D eigenvalue weighted by molar-refractivity contribution is 9.10. The summed E-state index contributed by atoms with van der Waals surface area (Å²) in [7, 11) is 0. The van der Waals surface area contributed by atoms with Crippen molar-refractivity contribution in [2.24, 2.45) is 0 Å². The van der Waals surface area contributed by atoms with Crippen molar-refractivity contribution in [2.75, 3.05) is 5.32 Å². The smallest absolute Gasteiger partial charge is 0.244 e. The molecular weight excluding hydrogens is 382 g/mol. The summed E-state index contributed by atoms with van der Waals surface area (Å²) in [5.74, 6) is 0.518. The number of para-hydroxylation sites is 1. The summed E-state index contributed by atoms with van der Waals surface area (Å²) in [6, 6.07) is 13.5. The van der Waals surface area contributed by atoms with E-state index in [-0.39, 0.29) is 12.5 Å². The van der Waals surface area contributed by atoms with Crippen LogP contribution in [0.1, 0.15) is 11.6 Å². The topological polar surface area (TPSA) is 60.1 Å². The predicted molar refractivity (Wildman–Crippen MR) is 102 cm³/mol. The zero-order valence-electron chi connectivity index (χ0n) is 13.8. The number of oxazole rings is 1. The summed E-state index contributed by atoms with van der Waals surface area (Å²) in [4.78, 5) is 16.8. The number of hydrogen-bond acceptors (Lipinski definition) is 3. The van der Waals surface area contributed by atoms with E-state index in [9.17, 15) is 4.79 Å². The fraction of sp³-hybridized carbons (Fsp3) is 0.158. The summed E-state index contributed by atoms with van der Waals surface area (Å²) in [5, 5.41) is 4.03. The molecule has 0 fully saturated rings. The number of anilines is 1. The summed E-state index contributed by atoms with van der Waals surface area (Å²) in [6.45, 7) is 4.04. The van der Waals surface area contributed by atoms with E-state index in [4.69, 9.17) is 4.42 Å². The second-order valence-electron chi connectivity index (χ2n) is 5.97. The minimum Gasteiger partial charge on any atom is -0.441 e. The van der Waals surface area contributed by atoms with Gasteiger partial charge in [0.2, 0.25) is 5.91 Å². The number of fused-ring (bicyclic) bond motifs is 2. The van der Waals surface area contributed by atoms with E-state index >= 15 is 0 Å². The number of nitrogens with zero attached hydrogens (tertiary/aromatic N) is 2. The lowest BCUT2D eigenvalue weighted by Crippen LogP contribution is -2.19. The van der Waals surface area contributed by atoms with Crippen LogP contribution in [0.2, 0.25) is 0 Å². The number of hydrogen-bond donors (Lipinski definition) is 1. The van der Waals surface area contributed by atoms with E-state index in [1.165, 1.54) is 0 Å². The normalized spacial score (nSPS) is 11.3. The molecule has 4 aromatic rings. The number of halogens is 1. The van der Waals surface area contributed by atoms with Gasteiger partial charge >= 0.3 is 0 Å². The van der Waals surface area contributed by atoms with Gasteiger partial charge in [0.25, 0.3) is 0 Å². The highest BCUT2D eigenvalue weighted by Gasteiger charge is 2.14. The van der Waals surface area contributed by atoms with E-state index in [1.54, 1.807) is 13.0 Å². The van der Waals surface area contributed by atoms with Crippen LogP contribution in [-0.4, -0.2) is 15.5 Å². The third-order valence-corrected chi connectivity index (χ3v) is 5.24. The second-order valence-corrected chi connectivity index (χ2v) is 6.76. The van der Waals surface area contributed by atoms with E-state index in [0.717, 1.165) is 26.6 Å². The van der Waals surface area contributed by atoms with E-state index in [1.807, 2.05) is 47.9 Å². The lowest BCUT2D eigenvalue weighted by molar-refractivity contribution is -0.116. The minimum atomic E-state index is -0.0908. The molecule has 0 saturated carbocycles. The number of carbonyl (C=O) groups is 1. The van der Waals surface area contributed by atoms with Crippen LogP contribution in [0.5, 0.6) is 0 Å². The van der Waals surface area contributed by atoms with E-state index in [0.29, 0.717) is 17.2 Å². The Morgan fingerprint density at radius 1 is 1.24 bits per heavy atom. The predicted octanol–water partition coefficient (Wildman–Crippen LogP) is 4.80. The quantitative estimate of drug-likeness (QED) is 0.539. The largest absolute Gasteiger partial charge is 0.441 e. The summed E-state index contributed by atoms with van der Waals surface area (Å²) in [5.41, 5.74) is 4.20. The van der Waals surface area contributed by atoms with Gasteiger partial charge in [-0.1, -0.05) is 18.2 Å². The van der Waals surface area contributed by atoms with Gasteiger partial charge in [-0.15, -0.1) is 0 Å². The van der Waals surface area contributed by atoms with Crippen LogP contribution < -0.4 is 5.32 Å². The molecular formula is C19H16BrN3O2. The number of aryl methyl sites for hydroxylation is 1. The highest BCUT2D eigenvalue weighted by Crippen LogP contribution is 2.30. The van der Waals surface area contributed by atoms with Crippen LogP contribution >= 0.6 is 15.9 Å². The number of aromatic nitrogens is 2. The molecule has 25 heavy (non-hydrogen) atoms. The Hall–Kier alpha value is -2.60. The van der Waals surface area contributed by atoms with Crippen LogP contribution in [0.3, 0.4) is 0 Å². The molecule has 2 aromatic heterocycles. The molecule has 0 bridgehead atoms. The summed E-state index contributed by atoms with van der Waals surface area (Å²) < 4.78 is 8.54. The van der Waals surface area contributed by atoms with Crippen molar-refractivity contribution in [3.05, 3.63) is 58.5 Å². The van der Waals surface area contributed by atoms with Crippen LogP contribution in [0, 0.1) is 13.8 Å². The van der Waals surface area contributed by atoms with Crippen LogP contribution in [0.4, 0.5) is 5.69 Å². The van der Waals surface area contributed by atoms with Crippen LogP contribution in [0.15, 0.2) is 51.4 Å². The first-order chi connectivity index (χ1) is 12.0. The zero-order valence-corrected chi connectivity index (χ0v) is 15.4. The first-order valence-corrected chi connectivity index (χ1v) is 8.72. The van der Waals surface area contributed by atoms with Crippen molar-refractivity contribution >= 4 is 49.5 Å². The van der Waals surface area contributed by atoms with Crippen molar-refractivity contribution in [2.45, 2.75) is 20.4 Å². The highest BCUT2D eigenvalue weighted by atomic mass is 79.9. The maximum Gasteiger partial charge on any atom is 0.244 e. The lowest BCUT2D eigenvalue weighted by Gasteiger charge is -2.09. The summed E-state index contributed by atoms with van der Waals surface area (Å²) >= 11 is 3.62. The molecule has 0 aliphatic heterocycles. The number of rotatable bonds is 3. The molecule has 0 spiro atoms. The fourth-order valence-corrected chi connectivity index (χ4v) is 3.60. The Labute approximate surface area is 152 Å². The molecule has 0 aliphatic carbocycles. The first-order valence-electron chi connectivity index (χ1n) is 7.93. The summed E-state index contributed by atoms with van der Waals surface area (Å²) in [6.07, 6.45) is 0. The number of benzene rings is 2. The van der Waals surface area contributed by atoms with Gasteiger partial charge in [-0.2, -0.15) is 0 Å². The van der Waals surface area contributed by atoms with Gasteiger partial charge in [0, 0.05) is 39.7 Å². The van der Waals surface area contributed by atoms with E-state index < -0.39 is 0 Å². The van der Waals surface area contributed by atoms with Gasteiger partial charge in [0.05, 0.1) is 0 Å². The number of amides is 1. The van der Waals surface area contributed by atoms with Crippen molar-refractivity contribution in [3.63, 3.8) is 0 Å². The molecule has 0 atom stereocenters. The molecule has 126 valence electrons. The first kappa shape index (κ1) is 15.9. The Kier molecular flexibility index (Phi) is 3.84. The third kappa shape index (κ3) is 2.82. The maximum absolute atomic E-state index is 12.5. The van der Waals surface area contributed by atoms with Gasteiger partial charge in [-0.3, -0.25) is 4.79 Å². The molecule has 0 radical (unpaired) electrons. The van der Waals surface area contributed by atoms with Gasteiger partial charge < -0.3 is 14.3 Å². The average Bonchev–Trinajstić information content (AvgIpc) is 3.07. The Morgan fingerprint density at radius 3 is 2.88 bits per heavy atom. The number of nitrogens with one attached hydrogen (secondary N) is 1. The third-order valence-electron chi connectivity index (χ3n) is 4.23. The molecule has 0 aliphatic rings. The van der Waals surface area contributed by atoms with Gasteiger partial charge in [0.1, 0.15) is 12.1 Å². The average molecular weight is 398 g/mol. The van der Waals surface area contributed by atoms with Crippen molar-refractivity contribution in [1.29, 1.82) is 0 Å². The molecule has 1 N–H and O–H groups in total. The Bertz CT molecular complexity index is 1110. The van der Waals surface area contributed by atoms with Crippen LogP contribution in [0.25, 0.3) is 22.0 Å².